The fourth-order valence-corrected chi connectivity index (χ4v) is 2.82. The Balaban J connectivity index is 1.42. The molecule has 0 aliphatic carbocycles. The van der Waals surface area contributed by atoms with Crippen molar-refractivity contribution in [3.05, 3.63) is 54.4 Å². The molecule has 1 aromatic carbocycles. The molecule has 0 spiro atoms. The van der Waals surface area contributed by atoms with Crippen LogP contribution in [-0.4, -0.2) is 67.1 Å². The standard InChI is InChI=1S/C19H23N3O3/c1-24-17-6-4-16(5-7-17)19(23)22-11-9-21(10-12-22)13-14-25-18-3-2-8-20-15-18/h2-8,15H,9-14H2,1H3. The largest absolute Gasteiger partial charge is 0.497 e. The SMILES string of the molecule is COc1ccc(C(=O)N2CCN(CCOc3cccnc3)CC2)cc1. The van der Waals surface area contributed by atoms with E-state index in [4.69, 9.17) is 9.47 Å². The number of aromatic nitrogens is 1. The maximum atomic E-state index is 12.5. The lowest BCUT2D eigenvalue weighted by Crippen LogP contribution is -2.49. The van der Waals surface area contributed by atoms with Crippen molar-refractivity contribution in [1.29, 1.82) is 0 Å². The minimum Gasteiger partial charge on any atom is -0.497 e. The highest BCUT2D eigenvalue weighted by molar-refractivity contribution is 5.94. The molecule has 1 aliphatic rings. The van der Waals surface area contributed by atoms with Crippen LogP contribution in [0.2, 0.25) is 0 Å². The van der Waals surface area contributed by atoms with E-state index in [0.29, 0.717) is 12.2 Å². The monoisotopic (exact) mass is 341 g/mol. The molecule has 1 aromatic heterocycles. The van der Waals surface area contributed by atoms with Gasteiger partial charge in [-0.15, -0.1) is 0 Å². The summed E-state index contributed by atoms with van der Waals surface area (Å²) in [6.45, 7) is 4.66. The van der Waals surface area contributed by atoms with Crippen LogP contribution in [0.3, 0.4) is 0 Å². The summed E-state index contributed by atoms with van der Waals surface area (Å²) in [5.41, 5.74) is 0.703. The molecule has 0 radical (unpaired) electrons. The number of piperazine rings is 1. The van der Waals surface area contributed by atoms with Gasteiger partial charge < -0.3 is 14.4 Å². The summed E-state index contributed by atoms with van der Waals surface area (Å²) < 4.78 is 10.8. The van der Waals surface area contributed by atoms with Crippen molar-refractivity contribution in [3.63, 3.8) is 0 Å². The summed E-state index contributed by atoms with van der Waals surface area (Å²) in [5.74, 6) is 1.62. The molecule has 6 heteroatoms. The number of hydrogen-bond acceptors (Lipinski definition) is 5. The fraction of sp³-hybridized carbons (Fsp3) is 0.368. The van der Waals surface area contributed by atoms with E-state index >= 15 is 0 Å². The van der Waals surface area contributed by atoms with Crippen molar-refractivity contribution in [2.75, 3.05) is 46.4 Å². The lowest BCUT2D eigenvalue weighted by molar-refractivity contribution is 0.0620. The zero-order valence-corrected chi connectivity index (χ0v) is 14.4. The zero-order chi connectivity index (χ0) is 17.5. The van der Waals surface area contributed by atoms with Gasteiger partial charge in [-0.1, -0.05) is 0 Å². The van der Waals surface area contributed by atoms with E-state index in [2.05, 4.69) is 9.88 Å². The lowest BCUT2D eigenvalue weighted by atomic mass is 10.1. The molecule has 3 rings (SSSR count). The van der Waals surface area contributed by atoms with Gasteiger partial charge in [0.1, 0.15) is 18.1 Å². The molecule has 1 saturated heterocycles. The van der Waals surface area contributed by atoms with Crippen LogP contribution in [-0.2, 0) is 0 Å². The Bertz CT molecular complexity index is 668. The number of ether oxygens (including phenoxy) is 2. The van der Waals surface area contributed by atoms with Crippen molar-refractivity contribution in [1.82, 2.24) is 14.8 Å². The molecule has 6 nitrogen and oxygen atoms in total. The minimum absolute atomic E-state index is 0.0777. The molecule has 2 heterocycles. The Morgan fingerprint density at radius 3 is 2.48 bits per heavy atom. The predicted molar refractivity (Wildman–Crippen MR) is 95.1 cm³/mol. The molecule has 2 aromatic rings. The average molecular weight is 341 g/mol. The van der Waals surface area contributed by atoms with Gasteiger partial charge in [-0.25, -0.2) is 0 Å². The Morgan fingerprint density at radius 1 is 1.08 bits per heavy atom. The summed E-state index contributed by atoms with van der Waals surface area (Å²) in [6.07, 6.45) is 3.44. The number of benzene rings is 1. The summed E-state index contributed by atoms with van der Waals surface area (Å²) in [6, 6.07) is 11.0. The third-order valence-corrected chi connectivity index (χ3v) is 4.31. The molecule has 25 heavy (non-hydrogen) atoms. The van der Waals surface area contributed by atoms with Crippen LogP contribution >= 0.6 is 0 Å². The van der Waals surface area contributed by atoms with Crippen molar-refractivity contribution in [3.8, 4) is 11.5 Å². The molecular formula is C19H23N3O3. The first-order chi connectivity index (χ1) is 12.3. The van der Waals surface area contributed by atoms with E-state index in [-0.39, 0.29) is 5.91 Å². The minimum atomic E-state index is 0.0777. The highest BCUT2D eigenvalue weighted by atomic mass is 16.5. The summed E-state index contributed by atoms with van der Waals surface area (Å²) in [7, 11) is 1.62. The van der Waals surface area contributed by atoms with Crippen molar-refractivity contribution in [2.24, 2.45) is 0 Å². The fourth-order valence-electron chi connectivity index (χ4n) is 2.82. The molecule has 1 aliphatic heterocycles. The third-order valence-electron chi connectivity index (χ3n) is 4.31. The Labute approximate surface area is 148 Å². The van der Waals surface area contributed by atoms with Crippen LogP contribution < -0.4 is 9.47 Å². The number of pyridine rings is 1. The maximum Gasteiger partial charge on any atom is 0.253 e. The Kier molecular flexibility index (Phi) is 5.85. The van der Waals surface area contributed by atoms with E-state index in [1.807, 2.05) is 41.3 Å². The number of carbonyl (C=O) groups excluding carboxylic acids is 1. The second-order valence-electron chi connectivity index (χ2n) is 5.90. The third kappa shape index (κ3) is 4.70. The zero-order valence-electron chi connectivity index (χ0n) is 14.4. The van der Waals surface area contributed by atoms with Crippen LogP contribution in [0.1, 0.15) is 10.4 Å². The molecule has 0 unspecified atom stereocenters. The van der Waals surface area contributed by atoms with Crippen LogP contribution in [0, 0.1) is 0 Å². The number of nitrogens with zero attached hydrogens (tertiary/aromatic N) is 3. The van der Waals surface area contributed by atoms with Gasteiger partial charge in [0.15, 0.2) is 0 Å². The second-order valence-corrected chi connectivity index (χ2v) is 5.90. The first-order valence-electron chi connectivity index (χ1n) is 8.45. The van der Waals surface area contributed by atoms with Gasteiger partial charge in [0.05, 0.1) is 13.3 Å². The predicted octanol–water partition coefficient (Wildman–Crippen LogP) is 1.93. The van der Waals surface area contributed by atoms with Crippen molar-refractivity contribution >= 4 is 5.91 Å². The second kappa shape index (κ2) is 8.48. The van der Waals surface area contributed by atoms with E-state index in [9.17, 15) is 4.79 Å². The first kappa shape index (κ1) is 17.2. The lowest BCUT2D eigenvalue weighted by Gasteiger charge is -2.34. The van der Waals surface area contributed by atoms with Crippen molar-refractivity contribution < 1.29 is 14.3 Å². The van der Waals surface area contributed by atoms with Gasteiger partial charge >= 0.3 is 0 Å². The number of hydrogen-bond donors (Lipinski definition) is 0. The first-order valence-corrected chi connectivity index (χ1v) is 8.45. The summed E-state index contributed by atoms with van der Waals surface area (Å²) in [4.78, 5) is 20.8. The van der Waals surface area contributed by atoms with Gasteiger partial charge in [0.25, 0.3) is 5.91 Å². The average Bonchev–Trinajstić information content (AvgIpc) is 2.69. The molecule has 0 saturated carbocycles. The van der Waals surface area contributed by atoms with Gasteiger partial charge in [0, 0.05) is 44.5 Å². The quantitative estimate of drug-likeness (QED) is 0.804. The molecule has 132 valence electrons. The highest BCUT2D eigenvalue weighted by Gasteiger charge is 2.21. The van der Waals surface area contributed by atoms with Crippen LogP contribution in [0.5, 0.6) is 11.5 Å². The summed E-state index contributed by atoms with van der Waals surface area (Å²) >= 11 is 0. The van der Waals surface area contributed by atoms with Crippen LogP contribution in [0.4, 0.5) is 0 Å². The maximum absolute atomic E-state index is 12.5. The topological polar surface area (TPSA) is 54.9 Å². The molecule has 0 atom stereocenters. The van der Waals surface area contributed by atoms with Crippen molar-refractivity contribution in [2.45, 2.75) is 0 Å². The van der Waals surface area contributed by atoms with E-state index in [1.54, 1.807) is 19.5 Å². The molecular weight excluding hydrogens is 318 g/mol. The van der Waals surface area contributed by atoms with Gasteiger partial charge in [-0.2, -0.15) is 0 Å². The Hall–Kier alpha value is -2.60. The van der Waals surface area contributed by atoms with Gasteiger partial charge in [-0.3, -0.25) is 14.7 Å². The normalized spacial score (nSPS) is 15.0. The molecule has 1 fully saturated rings. The Morgan fingerprint density at radius 2 is 1.84 bits per heavy atom. The van der Waals surface area contributed by atoms with E-state index < -0.39 is 0 Å². The summed E-state index contributed by atoms with van der Waals surface area (Å²) in [5, 5.41) is 0. The molecule has 1 amide bonds. The van der Waals surface area contributed by atoms with Crippen LogP contribution in [0.15, 0.2) is 48.8 Å². The highest BCUT2D eigenvalue weighted by Crippen LogP contribution is 2.14. The van der Waals surface area contributed by atoms with Gasteiger partial charge in [-0.05, 0) is 36.4 Å². The molecule has 0 bridgehead atoms. The number of carbonyl (C=O) groups is 1. The molecule has 0 N–H and O–H groups in total. The van der Waals surface area contributed by atoms with Crippen LogP contribution in [0.25, 0.3) is 0 Å². The van der Waals surface area contributed by atoms with Gasteiger partial charge in [0.2, 0.25) is 0 Å². The number of methoxy groups -OCH3 is 1. The van der Waals surface area contributed by atoms with E-state index in [1.165, 1.54) is 0 Å². The number of rotatable bonds is 6. The smallest absolute Gasteiger partial charge is 0.253 e. The number of amides is 1. The van der Waals surface area contributed by atoms with E-state index in [0.717, 1.165) is 44.2 Å².